The summed E-state index contributed by atoms with van der Waals surface area (Å²) in [5.74, 6) is 0. The summed E-state index contributed by atoms with van der Waals surface area (Å²) in [5, 5.41) is 6.25. The van der Waals surface area contributed by atoms with Crippen molar-refractivity contribution >= 4 is 11.6 Å². The second-order valence-corrected chi connectivity index (χ2v) is 1.00. The Bertz CT molecular complexity index is 115. The minimum atomic E-state index is 0.0926. The van der Waals surface area contributed by atoms with E-state index in [1.807, 2.05) is 0 Å². The molecular weight excluding hydrogens is 103 g/mol. The molecule has 4 heteroatoms. The lowest BCUT2D eigenvalue weighted by atomic mass is 11.0. The van der Waals surface area contributed by atoms with Gasteiger partial charge >= 0.3 is 0 Å². The second kappa shape index (κ2) is 1.26. The van der Waals surface area contributed by atoms with Gasteiger partial charge in [-0.15, -0.1) is 5.10 Å². The smallest absolute Gasteiger partial charge is 0.256 e. The number of hydrogen-bond donors (Lipinski definition) is 0. The molecule has 6 heavy (non-hydrogen) atoms. The number of nitrogens with zero attached hydrogens (tertiary/aromatic N) is 2. The summed E-state index contributed by atoms with van der Waals surface area (Å²) in [7, 11) is 0. The first-order valence-corrected chi connectivity index (χ1v) is 1.63. The lowest BCUT2D eigenvalue weighted by molar-refractivity contribution is 0.394. The fourth-order valence-corrected chi connectivity index (χ4v) is 0.205. The molecule has 31 valence electrons. The van der Waals surface area contributed by atoms with Gasteiger partial charge < -0.3 is 4.52 Å². The van der Waals surface area contributed by atoms with Gasteiger partial charge in [-0.3, -0.25) is 0 Å². The van der Waals surface area contributed by atoms with Gasteiger partial charge in [0.2, 0.25) is 0 Å². The van der Waals surface area contributed by atoms with E-state index < -0.39 is 0 Å². The number of aromatic nitrogens is 2. The molecule has 0 aliphatic heterocycles. The Kier molecular flexibility index (Phi) is 0.759. The Morgan fingerprint density at radius 1 is 1.83 bits per heavy atom. The van der Waals surface area contributed by atoms with E-state index >= 15 is 0 Å². The van der Waals surface area contributed by atoms with Crippen molar-refractivity contribution in [3.8, 4) is 0 Å². The van der Waals surface area contributed by atoms with Crippen molar-refractivity contribution in [3.63, 3.8) is 0 Å². The predicted octanol–water partition coefficient (Wildman–Crippen LogP) is 0.523. The minimum Gasteiger partial charge on any atom is -0.324 e. The lowest BCUT2D eigenvalue weighted by Crippen LogP contribution is -1.54. The molecule has 0 bridgehead atoms. The highest BCUT2D eigenvalue weighted by Crippen LogP contribution is 1.98. The van der Waals surface area contributed by atoms with Gasteiger partial charge in [0.05, 0.1) is 0 Å². The summed E-state index contributed by atoms with van der Waals surface area (Å²) in [4.78, 5) is 0. The fourth-order valence-electron chi connectivity index (χ4n) is 0.136. The summed E-state index contributed by atoms with van der Waals surface area (Å²) < 4.78 is 4.18. The second-order valence-electron chi connectivity index (χ2n) is 0.658. The zero-order valence-corrected chi connectivity index (χ0v) is 3.44. The van der Waals surface area contributed by atoms with E-state index in [1.165, 1.54) is 0 Å². The van der Waals surface area contributed by atoms with Gasteiger partial charge in [0.15, 0.2) is 6.20 Å². The van der Waals surface area contributed by atoms with Crippen molar-refractivity contribution in [2.75, 3.05) is 0 Å². The van der Waals surface area contributed by atoms with Gasteiger partial charge in [0.1, 0.15) is 0 Å². The van der Waals surface area contributed by atoms with Crippen molar-refractivity contribution < 1.29 is 4.52 Å². The van der Waals surface area contributed by atoms with E-state index in [0.717, 1.165) is 0 Å². The molecule has 0 atom stereocenters. The van der Waals surface area contributed by atoms with E-state index in [2.05, 4.69) is 21.1 Å². The largest absolute Gasteiger partial charge is 0.324 e. The summed E-state index contributed by atoms with van der Waals surface area (Å²) >= 11 is 5.11. The van der Waals surface area contributed by atoms with Gasteiger partial charge in [-0.25, -0.2) is 0 Å². The van der Waals surface area contributed by atoms with Gasteiger partial charge in [-0.2, -0.15) is 0 Å². The maximum atomic E-state index is 5.11. The van der Waals surface area contributed by atoms with Crippen LogP contribution in [-0.2, 0) is 0 Å². The molecule has 0 N–H and O–H groups in total. The van der Waals surface area contributed by atoms with E-state index in [1.54, 1.807) is 0 Å². The van der Waals surface area contributed by atoms with Crippen LogP contribution in [0.4, 0.5) is 0 Å². The minimum absolute atomic E-state index is 0.0926. The van der Waals surface area contributed by atoms with Crippen LogP contribution in [0.3, 0.4) is 0 Å². The predicted molar refractivity (Wildman–Crippen MR) is 18.1 cm³/mol. The van der Waals surface area contributed by atoms with Crippen LogP contribution in [0.15, 0.2) is 4.52 Å². The quantitative estimate of drug-likeness (QED) is 0.481. The molecule has 1 rings (SSSR count). The molecule has 0 saturated heterocycles. The molecule has 0 spiro atoms. The molecule has 1 aromatic heterocycles. The zero-order valence-electron chi connectivity index (χ0n) is 2.68. The molecule has 1 aromatic rings. The van der Waals surface area contributed by atoms with Crippen molar-refractivity contribution in [2.24, 2.45) is 0 Å². The highest BCUT2D eigenvalue weighted by atomic mass is 35.5. The van der Waals surface area contributed by atoms with Gasteiger partial charge in [0.25, 0.3) is 5.22 Å². The van der Waals surface area contributed by atoms with Crippen LogP contribution >= 0.6 is 11.6 Å². The Morgan fingerprint density at radius 3 is 2.83 bits per heavy atom. The zero-order chi connectivity index (χ0) is 4.41. The number of halogens is 1. The van der Waals surface area contributed by atoms with Gasteiger partial charge in [-0.05, 0) is 11.6 Å². The van der Waals surface area contributed by atoms with E-state index in [0.29, 0.717) is 0 Å². The number of hydrogen-bond acceptors (Lipinski definition) is 3. The van der Waals surface area contributed by atoms with E-state index in [4.69, 9.17) is 11.6 Å². The average molecular weight is 103 g/mol. The Balaban J connectivity index is 3.05. The molecule has 0 unspecified atom stereocenters. The summed E-state index contributed by atoms with van der Waals surface area (Å²) in [6, 6.07) is 0. The first kappa shape index (κ1) is 3.61. The Morgan fingerprint density at radius 2 is 2.67 bits per heavy atom. The molecule has 1 heterocycles. The maximum Gasteiger partial charge on any atom is 0.256 e. The van der Waals surface area contributed by atoms with Crippen LogP contribution in [0, 0.1) is 6.20 Å². The summed E-state index contributed by atoms with van der Waals surface area (Å²) in [5.41, 5.74) is 0. The third-order valence-corrected chi connectivity index (χ3v) is 0.453. The third kappa shape index (κ3) is 0.490. The summed E-state index contributed by atoms with van der Waals surface area (Å²) in [6.07, 6.45) is 2.24. The van der Waals surface area contributed by atoms with E-state index in [9.17, 15) is 0 Å². The van der Waals surface area contributed by atoms with Gasteiger partial charge in [-0.1, -0.05) is 0 Å². The maximum absolute atomic E-state index is 5.11. The van der Waals surface area contributed by atoms with Crippen molar-refractivity contribution in [2.45, 2.75) is 0 Å². The first-order chi connectivity index (χ1) is 2.89. The topological polar surface area (TPSA) is 38.9 Å². The molecule has 0 aliphatic rings. The van der Waals surface area contributed by atoms with Crippen molar-refractivity contribution in [3.05, 3.63) is 11.4 Å². The molecule has 0 aliphatic carbocycles. The van der Waals surface area contributed by atoms with Gasteiger partial charge in [0, 0.05) is 5.27 Å². The summed E-state index contributed by atoms with van der Waals surface area (Å²) in [6.45, 7) is 0. The number of rotatable bonds is 0. The van der Waals surface area contributed by atoms with E-state index in [-0.39, 0.29) is 5.22 Å². The average Bonchev–Trinajstić information content (AvgIpc) is 1.86. The van der Waals surface area contributed by atoms with Crippen LogP contribution in [0.25, 0.3) is 0 Å². The van der Waals surface area contributed by atoms with Crippen molar-refractivity contribution in [1.82, 2.24) is 10.4 Å². The molecule has 1 radical (unpaired) electrons. The van der Waals surface area contributed by atoms with Crippen molar-refractivity contribution in [1.29, 1.82) is 0 Å². The Labute approximate surface area is 38.9 Å². The SMILES string of the molecule is Clc1[c]nno1. The normalized spacial score (nSPS) is 8.83. The molecule has 0 amide bonds. The monoisotopic (exact) mass is 103 g/mol. The molecule has 0 fully saturated rings. The molecule has 0 saturated carbocycles. The van der Waals surface area contributed by atoms with Crippen LogP contribution in [-0.4, -0.2) is 10.4 Å². The fraction of sp³-hybridized carbons (Fsp3) is 0. The third-order valence-electron chi connectivity index (χ3n) is 0.300. The van der Waals surface area contributed by atoms with Crippen LogP contribution in [0.1, 0.15) is 0 Å². The standard InChI is InChI=1S/C2ClN2O/c3-2-1-4-5-6-2. The Hall–Kier alpha value is -0.570. The molecular formula is C2ClN2O. The highest BCUT2D eigenvalue weighted by molar-refractivity contribution is 6.28. The van der Waals surface area contributed by atoms with Crippen LogP contribution in [0.5, 0.6) is 0 Å². The lowest BCUT2D eigenvalue weighted by Gasteiger charge is -1.57. The molecule has 0 aromatic carbocycles. The highest BCUT2D eigenvalue weighted by Gasteiger charge is 1.85. The first-order valence-electron chi connectivity index (χ1n) is 1.25. The van der Waals surface area contributed by atoms with Crippen LogP contribution < -0.4 is 0 Å². The van der Waals surface area contributed by atoms with Crippen LogP contribution in [0.2, 0.25) is 5.22 Å². The molecule has 3 nitrogen and oxygen atoms in total.